The van der Waals surface area contributed by atoms with Crippen LogP contribution in [0.5, 0.6) is 5.75 Å². The fourth-order valence-corrected chi connectivity index (χ4v) is 4.68. The number of piperidine rings is 1. The smallest absolute Gasteiger partial charge is 0.434 e. The van der Waals surface area contributed by atoms with Gasteiger partial charge in [0.25, 0.3) is 6.10 Å². The van der Waals surface area contributed by atoms with Crippen LogP contribution in [0.4, 0.5) is 31.1 Å². The molecule has 1 aromatic carbocycles. The van der Waals surface area contributed by atoms with Crippen LogP contribution in [0.2, 0.25) is 0 Å². The highest BCUT2D eigenvalue weighted by molar-refractivity contribution is 5.68. The van der Waals surface area contributed by atoms with Crippen LogP contribution in [0.15, 0.2) is 18.2 Å². The van der Waals surface area contributed by atoms with Crippen LogP contribution in [0.1, 0.15) is 36.8 Å². The molecule has 13 heteroatoms. The van der Waals surface area contributed by atoms with Gasteiger partial charge in [-0.15, -0.1) is 0 Å². The largest absolute Gasteiger partial charge is 0.482 e. The molecule has 35 heavy (non-hydrogen) atoms. The highest BCUT2D eigenvalue weighted by Gasteiger charge is 2.60. The molecule has 1 aromatic rings. The Morgan fingerprint density at radius 3 is 2.26 bits per heavy atom. The number of carbonyl (C=O) groups is 2. The normalized spacial score (nSPS) is 18.8. The third kappa shape index (κ3) is 6.50. The van der Waals surface area contributed by atoms with Crippen molar-refractivity contribution in [3.05, 3.63) is 29.3 Å². The maximum absolute atomic E-state index is 12.7. The molecule has 196 valence electrons. The lowest BCUT2D eigenvalue weighted by Crippen LogP contribution is -2.54. The SMILES string of the molecule is Cc1ccc(CN2CCCC23CCN(C(=O)OC(C(F)(F)F)C(F)(F)F)CC3)c(OCC(=O)O)c1. The summed E-state index contributed by atoms with van der Waals surface area (Å²) >= 11 is 0. The van der Waals surface area contributed by atoms with Gasteiger partial charge < -0.3 is 19.5 Å². The van der Waals surface area contributed by atoms with Crippen molar-refractivity contribution in [1.29, 1.82) is 0 Å². The van der Waals surface area contributed by atoms with Gasteiger partial charge in [0, 0.05) is 30.7 Å². The van der Waals surface area contributed by atoms with Gasteiger partial charge in [-0.1, -0.05) is 12.1 Å². The molecular formula is C22H26F6N2O5. The fourth-order valence-electron chi connectivity index (χ4n) is 4.68. The zero-order chi connectivity index (χ0) is 26.0. The zero-order valence-corrected chi connectivity index (χ0v) is 18.9. The standard InChI is InChI=1S/C22H26F6N2O5/c1-14-3-4-15(16(11-14)34-13-17(31)32)12-30-8-2-5-20(30)6-9-29(10-7-20)19(33)35-18(21(23,24)25)22(26,27)28/h3-4,11,18H,2,5-10,12-13H2,1H3,(H,31,32). The highest BCUT2D eigenvalue weighted by Crippen LogP contribution is 2.41. The Balaban J connectivity index is 1.66. The lowest BCUT2D eigenvalue weighted by molar-refractivity contribution is -0.308. The van der Waals surface area contributed by atoms with Crippen LogP contribution in [0, 0.1) is 6.92 Å². The summed E-state index contributed by atoms with van der Waals surface area (Å²) in [6, 6.07) is 5.43. The first kappa shape index (κ1) is 26.9. The number of rotatable bonds is 6. The van der Waals surface area contributed by atoms with Gasteiger partial charge in [-0.05, 0) is 50.8 Å². The molecule has 7 nitrogen and oxygen atoms in total. The van der Waals surface area contributed by atoms with Crippen molar-refractivity contribution in [3.63, 3.8) is 0 Å². The van der Waals surface area contributed by atoms with Crippen LogP contribution in [0.3, 0.4) is 0 Å². The number of nitrogens with zero attached hydrogens (tertiary/aromatic N) is 2. The molecule has 0 radical (unpaired) electrons. The fraction of sp³-hybridized carbons (Fsp3) is 0.636. The van der Waals surface area contributed by atoms with Crippen molar-refractivity contribution in [2.75, 3.05) is 26.2 Å². The van der Waals surface area contributed by atoms with Crippen molar-refractivity contribution in [1.82, 2.24) is 9.80 Å². The molecule has 0 bridgehead atoms. The summed E-state index contributed by atoms with van der Waals surface area (Å²) < 4.78 is 85.7. The lowest BCUT2D eigenvalue weighted by atomic mass is 9.85. The lowest BCUT2D eigenvalue weighted by Gasteiger charge is -2.45. The van der Waals surface area contributed by atoms with Gasteiger partial charge in [0.1, 0.15) is 5.75 Å². The van der Waals surface area contributed by atoms with Gasteiger partial charge >= 0.3 is 24.4 Å². The molecule has 3 rings (SSSR count). The Morgan fingerprint density at radius 1 is 1.06 bits per heavy atom. The molecule has 0 unspecified atom stereocenters. The molecule has 0 atom stereocenters. The Kier molecular flexibility index (Phi) is 7.77. The average Bonchev–Trinajstić information content (AvgIpc) is 3.12. The number of amides is 1. The first-order valence-corrected chi connectivity index (χ1v) is 11.0. The van der Waals surface area contributed by atoms with E-state index >= 15 is 0 Å². The molecule has 2 saturated heterocycles. The van der Waals surface area contributed by atoms with Crippen LogP contribution < -0.4 is 4.74 Å². The quantitative estimate of drug-likeness (QED) is 0.565. The Hall–Kier alpha value is -2.70. The molecule has 1 amide bonds. The van der Waals surface area contributed by atoms with E-state index in [9.17, 15) is 35.9 Å². The summed E-state index contributed by atoms with van der Waals surface area (Å²) in [4.78, 5) is 26.1. The van der Waals surface area contributed by atoms with Crippen LogP contribution in [-0.4, -0.2) is 77.2 Å². The molecule has 1 N–H and O–H groups in total. The van der Waals surface area contributed by atoms with Crippen LogP contribution >= 0.6 is 0 Å². The van der Waals surface area contributed by atoms with E-state index in [1.807, 2.05) is 19.1 Å². The van der Waals surface area contributed by atoms with Crippen molar-refractivity contribution >= 4 is 12.1 Å². The van der Waals surface area contributed by atoms with E-state index in [0.717, 1.165) is 28.9 Å². The van der Waals surface area contributed by atoms with Gasteiger partial charge in [0.05, 0.1) is 0 Å². The second kappa shape index (κ2) is 10.1. The number of carboxylic acid groups (broad SMARTS) is 1. The third-order valence-corrected chi connectivity index (χ3v) is 6.44. The number of aryl methyl sites for hydroxylation is 1. The number of carboxylic acids is 1. The second-order valence-electron chi connectivity index (χ2n) is 8.88. The van der Waals surface area contributed by atoms with Crippen molar-refractivity contribution < 1.29 is 50.5 Å². The number of aliphatic carboxylic acids is 1. The van der Waals surface area contributed by atoms with Gasteiger partial charge in [-0.2, -0.15) is 26.3 Å². The molecule has 1 spiro atoms. The predicted molar refractivity (Wildman–Crippen MR) is 110 cm³/mol. The van der Waals surface area contributed by atoms with Gasteiger partial charge in [-0.25, -0.2) is 9.59 Å². The van der Waals surface area contributed by atoms with E-state index in [0.29, 0.717) is 31.7 Å². The summed E-state index contributed by atoms with van der Waals surface area (Å²) in [7, 11) is 0. The van der Waals surface area contributed by atoms with E-state index in [1.165, 1.54) is 0 Å². The number of hydrogen-bond acceptors (Lipinski definition) is 5. The minimum absolute atomic E-state index is 0.0476. The molecule has 2 heterocycles. The first-order valence-electron chi connectivity index (χ1n) is 11.0. The van der Waals surface area contributed by atoms with Gasteiger partial charge in [-0.3, -0.25) is 4.90 Å². The minimum Gasteiger partial charge on any atom is -0.482 e. The molecule has 0 aliphatic carbocycles. The van der Waals surface area contributed by atoms with E-state index < -0.39 is 37.1 Å². The number of carbonyl (C=O) groups excluding carboxylic acids is 1. The van der Waals surface area contributed by atoms with Gasteiger partial charge in [0.15, 0.2) is 6.61 Å². The van der Waals surface area contributed by atoms with Crippen LogP contribution in [-0.2, 0) is 16.1 Å². The van der Waals surface area contributed by atoms with E-state index in [1.54, 1.807) is 6.07 Å². The van der Waals surface area contributed by atoms with E-state index in [2.05, 4.69) is 9.64 Å². The number of likely N-dealkylation sites (tertiary alicyclic amines) is 2. The van der Waals surface area contributed by atoms with Crippen molar-refractivity contribution in [2.24, 2.45) is 0 Å². The topological polar surface area (TPSA) is 79.3 Å². The number of halogens is 6. The summed E-state index contributed by atoms with van der Waals surface area (Å²) in [6.45, 7) is 2.36. The monoisotopic (exact) mass is 512 g/mol. The number of hydrogen-bond donors (Lipinski definition) is 1. The average molecular weight is 512 g/mol. The Bertz CT molecular complexity index is 914. The van der Waals surface area contributed by atoms with Crippen molar-refractivity contribution in [3.8, 4) is 5.75 Å². The highest BCUT2D eigenvalue weighted by atomic mass is 19.4. The predicted octanol–water partition coefficient (Wildman–Crippen LogP) is 4.52. The number of benzene rings is 1. The summed E-state index contributed by atoms with van der Waals surface area (Å²) in [6.07, 6.45) is -15.1. The molecular weight excluding hydrogens is 486 g/mol. The van der Waals surface area contributed by atoms with Crippen molar-refractivity contribution in [2.45, 2.75) is 63.1 Å². The molecule has 0 aromatic heterocycles. The zero-order valence-electron chi connectivity index (χ0n) is 18.9. The molecule has 2 fully saturated rings. The number of ether oxygens (including phenoxy) is 2. The first-order chi connectivity index (χ1) is 16.2. The maximum Gasteiger partial charge on any atom is 0.434 e. The summed E-state index contributed by atoms with van der Waals surface area (Å²) in [5, 5.41) is 8.93. The number of alkyl halides is 6. The van der Waals surface area contributed by atoms with Gasteiger partial charge in [0.2, 0.25) is 0 Å². The minimum atomic E-state index is -5.76. The Labute approximate surface area is 197 Å². The second-order valence-corrected chi connectivity index (χ2v) is 8.88. The van der Waals surface area contributed by atoms with E-state index in [4.69, 9.17) is 9.84 Å². The summed E-state index contributed by atoms with van der Waals surface area (Å²) in [5.74, 6) is -0.687. The maximum atomic E-state index is 12.7. The Morgan fingerprint density at radius 2 is 1.69 bits per heavy atom. The third-order valence-electron chi connectivity index (χ3n) is 6.44. The molecule has 2 aliphatic rings. The van der Waals surface area contributed by atoms with E-state index in [-0.39, 0.29) is 18.6 Å². The van der Waals surface area contributed by atoms with Crippen LogP contribution in [0.25, 0.3) is 0 Å². The summed E-state index contributed by atoms with van der Waals surface area (Å²) in [5.41, 5.74) is 1.26. The molecule has 2 aliphatic heterocycles. The molecule has 0 saturated carbocycles.